The Balaban J connectivity index is 1.40. The lowest BCUT2D eigenvalue weighted by molar-refractivity contribution is -0.127. The third-order valence-electron chi connectivity index (χ3n) is 7.37. The first-order valence-electron chi connectivity index (χ1n) is 13.6. The Labute approximate surface area is 237 Å². The number of fused-ring (bicyclic) bond motifs is 2. The fraction of sp³-hybridized carbons (Fsp3) is 0.333. The van der Waals surface area contributed by atoms with Crippen LogP contribution in [-0.4, -0.2) is 67.0 Å². The summed E-state index contributed by atoms with van der Waals surface area (Å²) in [4.78, 5) is 31.8. The van der Waals surface area contributed by atoms with Gasteiger partial charge in [0.2, 0.25) is 18.6 Å². The van der Waals surface area contributed by atoms with Gasteiger partial charge in [-0.25, -0.2) is 4.68 Å². The summed E-state index contributed by atoms with van der Waals surface area (Å²) in [5, 5.41) is 11.5. The fourth-order valence-electron chi connectivity index (χ4n) is 5.20. The highest BCUT2D eigenvalue weighted by Crippen LogP contribution is 2.38. The van der Waals surface area contributed by atoms with Gasteiger partial charge in [0.15, 0.2) is 11.5 Å². The summed E-state index contributed by atoms with van der Waals surface area (Å²) in [6.45, 7) is 1.01. The van der Waals surface area contributed by atoms with Crippen LogP contribution in [0.4, 0.5) is 11.4 Å². The van der Waals surface area contributed by atoms with Gasteiger partial charge in [0.05, 0.1) is 11.6 Å². The van der Waals surface area contributed by atoms with Gasteiger partial charge < -0.3 is 24.4 Å². The minimum Gasteiger partial charge on any atom is -0.454 e. The van der Waals surface area contributed by atoms with Crippen molar-refractivity contribution in [1.82, 2.24) is 20.3 Å². The van der Waals surface area contributed by atoms with Gasteiger partial charge in [-0.15, -0.1) is 5.10 Å². The van der Waals surface area contributed by atoms with E-state index in [4.69, 9.17) is 14.2 Å². The molecule has 1 fully saturated rings. The van der Waals surface area contributed by atoms with Crippen molar-refractivity contribution in [2.45, 2.75) is 31.5 Å². The molecule has 2 atom stereocenters. The molecule has 4 aromatic rings. The highest BCUT2D eigenvalue weighted by Gasteiger charge is 2.35. The Kier molecular flexibility index (Phi) is 7.43. The maximum absolute atomic E-state index is 14.3. The number of carbonyl (C=O) groups excluding carboxylic acids is 2. The van der Waals surface area contributed by atoms with Crippen molar-refractivity contribution in [3.05, 3.63) is 72.3 Å². The topological polar surface area (TPSA) is 111 Å². The largest absolute Gasteiger partial charge is 0.454 e. The van der Waals surface area contributed by atoms with Crippen LogP contribution in [0.3, 0.4) is 0 Å². The van der Waals surface area contributed by atoms with Crippen molar-refractivity contribution in [2.24, 2.45) is 0 Å². The molecule has 1 saturated heterocycles. The summed E-state index contributed by atoms with van der Waals surface area (Å²) in [6, 6.07) is 19.3. The van der Waals surface area contributed by atoms with Crippen molar-refractivity contribution in [1.29, 1.82) is 0 Å². The van der Waals surface area contributed by atoms with Crippen LogP contribution in [0.5, 0.6) is 11.5 Å². The van der Waals surface area contributed by atoms with Crippen LogP contribution in [0, 0.1) is 0 Å². The number of benzene rings is 3. The molecule has 0 saturated carbocycles. The van der Waals surface area contributed by atoms with E-state index in [0.717, 1.165) is 24.0 Å². The van der Waals surface area contributed by atoms with E-state index in [-0.39, 0.29) is 31.3 Å². The predicted octanol–water partition coefficient (Wildman–Crippen LogP) is 3.30. The number of amides is 2. The van der Waals surface area contributed by atoms with Crippen LogP contribution < -0.4 is 24.6 Å². The monoisotopic (exact) mass is 556 g/mol. The molecular weight excluding hydrogens is 524 g/mol. The molecule has 2 aliphatic rings. The molecule has 0 radical (unpaired) electrons. The number of para-hydroxylation sites is 1. The molecule has 2 unspecified atom stereocenters. The molecule has 0 bridgehead atoms. The molecule has 2 amide bonds. The number of hydrogen-bond acceptors (Lipinski definition) is 8. The van der Waals surface area contributed by atoms with Crippen molar-refractivity contribution in [3.8, 4) is 11.5 Å². The first kappa shape index (κ1) is 26.6. The molecule has 3 aromatic carbocycles. The number of hydrogen-bond donors (Lipinski definition) is 1. The van der Waals surface area contributed by atoms with E-state index in [9.17, 15) is 9.59 Å². The molecule has 2 aliphatic heterocycles. The Morgan fingerprint density at radius 2 is 1.80 bits per heavy atom. The lowest BCUT2D eigenvalue weighted by Crippen LogP contribution is -2.46. The Hall–Kier alpha value is -4.64. The Morgan fingerprint density at radius 3 is 2.59 bits per heavy atom. The van der Waals surface area contributed by atoms with Gasteiger partial charge in [0, 0.05) is 44.7 Å². The van der Waals surface area contributed by atoms with Crippen LogP contribution in [-0.2, 0) is 20.9 Å². The maximum atomic E-state index is 14.3. The van der Waals surface area contributed by atoms with Crippen molar-refractivity contribution in [3.63, 3.8) is 0 Å². The fourth-order valence-corrected chi connectivity index (χ4v) is 5.20. The van der Waals surface area contributed by atoms with Crippen LogP contribution in [0.1, 0.15) is 24.4 Å². The smallest absolute Gasteiger partial charge is 0.249 e. The third-order valence-corrected chi connectivity index (χ3v) is 7.37. The summed E-state index contributed by atoms with van der Waals surface area (Å²) in [6.07, 6.45) is 1.79. The second-order valence-electron chi connectivity index (χ2n) is 10.3. The highest BCUT2D eigenvalue weighted by atomic mass is 16.7. The number of ether oxygens (including phenoxy) is 3. The van der Waals surface area contributed by atoms with E-state index in [1.54, 1.807) is 22.9 Å². The summed E-state index contributed by atoms with van der Waals surface area (Å²) >= 11 is 0. The maximum Gasteiger partial charge on any atom is 0.249 e. The highest BCUT2D eigenvalue weighted by molar-refractivity contribution is 6.02. The third kappa shape index (κ3) is 5.53. The predicted molar refractivity (Wildman–Crippen MR) is 153 cm³/mol. The summed E-state index contributed by atoms with van der Waals surface area (Å²) in [5.41, 5.74) is 3.54. The van der Waals surface area contributed by atoms with E-state index in [1.807, 2.05) is 67.5 Å². The number of aromatic nitrogens is 3. The van der Waals surface area contributed by atoms with E-state index < -0.39 is 6.04 Å². The second kappa shape index (κ2) is 11.5. The average Bonchev–Trinajstić information content (AvgIpc) is 3.76. The lowest BCUT2D eigenvalue weighted by Gasteiger charge is -2.32. The number of nitrogens with zero attached hydrogens (tertiary/aromatic N) is 5. The molecule has 11 nitrogen and oxygen atoms in total. The molecule has 3 heterocycles. The van der Waals surface area contributed by atoms with Gasteiger partial charge in [0.25, 0.3) is 0 Å². The van der Waals surface area contributed by atoms with Crippen LogP contribution in [0.2, 0.25) is 0 Å². The molecule has 41 heavy (non-hydrogen) atoms. The first-order chi connectivity index (χ1) is 20.0. The van der Waals surface area contributed by atoms with Gasteiger partial charge in [0.1, 0.15) is 18.1 Å². The number of nitrogens with one attached hydrogen (secondary N) is 1. The van der Waals surface area contributed by atoms with Crippen LogP contribution in [0.15, 0.2) is 66.7 Å². The zero-order valence-electron chi connectivity index (χ0n) is 23.0. The van der Waals surface area contributed by atoms with Crippen molar-refractivity contribution in [2.75, 3.05) is 43.8 Å². The summed E-state index contributed by atoms with van der Waals surface area (Å²) in [5.74, 6) is 0.437. The van der Waals surface area contributed by atoms with E-state index in [0.29, 0.717) is 41.4 Å². The zero-order chi connectivity index (χ0) is 28.3. The van der Waals surface area contributed by atoms with Crippen molar-refractivity contribution < 1.29 is 23.8 Å². The first-order valence-corrected chi connectivity index (χ1v) is 13.6. The van der Waals surface area contributed by atoms with E-state index in [1.165, 1.54) is 4.90 Å². The molecule has 0 aliphatic carbocycles. The Morgan fingerprint density at radius 1 is 1.02 bits per heavy atom. The van der Waals surface area contributed by atoms with Gasteiger partial charge in [-0.1, -0.05) is 29.5 Å². The standard InChI is InChI=1S/C30H32N6O5/c1-34(2)21-11-9-20(10-12-21)29(30(38)31-17-23-6-5-15-39-23)36(22-13-14-26-27(16-22)41-19-40-26)28(37)18-35-25-8-4-3-7-24(25)32-33-35/h3-4,7-14,16,23,29H,5-6,15,17-19H2,1-2H3,(H,31,38). The number of carbonyl (C=O) groups is 2. The van der Waals surface area contributed by atoms with Gasteiger partial charge in [-0.2, -0.15) is 0 Å². The molecular formula is C30H32N6O5. The van der Waals surface area contributed by atoms with Crippen LogP contribution in [0.25, 0.3) is 11.0 Å². The molecule has 0 spiro atoms. The normalized spacial score (nSPS) is 16.5. The molecule has 1 aromatic heterocycles. The minimum atomic E-state index is -0.977. The second-order valence-corrected chi connectivity index (χ2v) is 10.3. The molecule has 11 heteroatoms. The lowest BCUT2D eigenvalue weighted by atomic mass is 10.0. The summed E-state index contributed by atoms with van der Waals surface area (Å²) in [7, 11) is 3.90. The zero-order valence-corrected chi connectivity index (χ0v) is 23.0. The number of rotatable bonds is 9. The minimum absolute atomic E-state index is 0.0491. The summed E-state index contributed by atoms with van der Waals surface area (Å²) < 4.78 is 18.4. The molecule has 6 rings (SSSR count). The molecule has 1 N–H and O–H groups in total. The van der Waals surface area contributed by atoms with E-state index in [2.05, 4.69) is 15.6 Å². The molecule has 212 valence electrons. The van der Waals surface area contributed by atoms with Gasteiger partial charge in [-0.3, -0.25) is 14.5 Å². The Bertz CT molecular complexity index is 1550. The SMILES string of the molecule is CN(C)c1ccc(C(C(=O)NCC2CCCO2)N(C(=O)Cn2nnc3ccccc32)c2ccc3c(c2)OCO3)cc1. The van der Waals surface area contributed by atoms with Crippen LogP contribution >= 0.6 is 0 Å². The van der Waals surface area contributed by atoms with Crippen molar-refractivity contribution >= 4 is 34.2 Å². The van der Waals surface area contributed by atoms with Gasteiger partial charge in [-0.05, 0) is 54.8 Å². The van der Waals surface area contributed by atoms with E-state index >= 15 is 0 Å². The average molecular weight is 557 g/mol. The number of anilines is 2. The quantitative estimate of drug-likeness (QED) is 0.334. The van der Waals surface area contributed by atoms with Gasteiger partial charge >= 0.3 is 0 Å².